The van der Waals surface area contributed by atoms with Crippen molar-refractivity contribution in [2.45, 2.75) is 25.8 Å². The summed E-state index contributed by atoms with van der Waals surface area (Å²) in [5, 5.41) is 0. The summed E-state index contributed by atoms with van der Waals surface area (Å²) in [7, 11) is 7.04. The molecule has 1 atom stereocenters. The van der Waals surface area contributed by atoms with Gasteiger partial charge in [-0.1, -0.05) is 6.92 Å². The summed E-state index contributed by atoms with van der Waals surface area (Å²) < 4.78 is 11.0. The van der Waals surface area contributed by atoms with Crippen LogP contribution in [-0.2, 0) is 9.53 Å². The van der Waals surface area contributed by atoms with Crippen molar-refractivity contribution in [1.29, 1.82) is 0 Å². The van der Waals surface area contributed by atoms with Gasteiger partial charge in [-0.3, -0.25) is 9.59 Å². The number of anilines is 1. The first kappa shape index (κ1) is 21.0. The number of hydrogen-bond donors (Lipinski definition) is 0. The number of carbonyl (C=O) groups is 2. The molecule has 1 aromatic rings. The van der Waals surface area contributed by atoms with Crippen LogP contribution in [0.3, 0.4) is 0 Å². The van der Waals surface area contributed by atoms with Crippen molar-refractivity contribution in [1.82, 2.24) is 9.80 Å². The first-order valence-electron chi connectivity index (χ1n) is 9.37. The van der Waals surface area contributed by atoms with Crippen LogP contribution in [0.4, 0.5) is 5.69 Å². The number of hydrogen-bond acceptors (Lipinski definition) is 5. The smallest absolute Gasteiger partial charge is 0.253 e. The van der Waals surface area contributed by atoms with E-state index in [4.69, 9.17) is 9.47 Å². The maximum absolute atomic E-state index is 12.8. The number of likely N-dealkylation sites (N-methyl/N-ethyl adjacent to an activating group) is 1. The summed E-state index contributed by atoms with van der Waals surface area (Å²) in [5.74, 6) is 0.776. The zero-order chi connectivity index (χ0) is 20.0. The fourth-order valence-corrected chi connectivity index (χ4v) is 3.16. The Labute approximate surface area is 161 Å². The molecule has 7 nitrogen and oxygen atoms in total. The second kappa shape index (κ2) is 9.60. The van der Waals surface area contributed by atoms with Crippen LogP contribution in [-0.4, -0.2) is 82.2 Å². The maximum atomic E-state index is 12.8. The van der Waals surface area contributed by atoms with Gasteiger partial charge in [-0.05, 0) is 24.6 Å². The largest absolute Gasteiger partial charge is 0.489 e. The molecule has 1 aliphatic heterocycles. The van der Waals surface area contributed by atoms with Crippen molar-refractivity contribution in [3.05, 3.63) is 23.8 Å². The molecular weight excluding hydrogens is 346 g/mol. The van der Waals surface area contributed by atoms with Gasteiger partial charge in [0.2, 0.25) is 5.91 Å². The first-order valence-corrected chi connectivity index (χ1v) is 9.37. The summed E-state index contributed by atoms with van der Waals surface area (Å²) in [6.07, 6.45) is 1.27. The van der Waals surface area contributed by atoms with E-state index in [-0.39, 0.29) is 17.9 Å². The maximum Gasteiger partial charge on any atom is 0.253 e. The number of rotatable bonds is 8. The summed E-state index contributed by atoms with van der Waals surface area (Å²) in [6, 6.07) is 5.36. The van der Waals surface area contributed by atoms with E-state index in [1.54, 1.807) is 32.2 Å². The van der Waals surface area contributed by atoms with E-state index >= 15 is 0 Å². The van der Waals surface area contributed by atoms with Gasteiger partial charge in [-0.25, -0.2) is 0 Å². The van der Waals surface area contributed by atoms with Crippen molar-refractivity contribution in [2.24, 2.45) is 0 Å². The van der Waals surface area contributed by atoms with Crippen molar-refractivity contribution in [3.8, 4) is 5.75 Å². The van der Waals surface area contributed by atoms with Crippen molar-refractivity contribution < 1.29 is 19.1 Å². The molecule has 0 saturated heterocycles. The lowest BCUT2D eigenvalue weighted by Gasteiger charge is -2.36. The van der Waals surface area contributed by atoms with Gasteiger partial charge in [0.1, 0.15) is 12.4 Å². The molecule has 0 bridgehead atoms. The van der Waals surface area contributed by atoms with Gasteiger partial charge in [0, 0.05) is 46.9 Å². The van der Waals surface area contributed by atoms with Crippen LogP contribution in [0.2, 0.25) is 0 Å². The first-order chi connectivity index (χ1) is 12.9. The molecule has 0 spiro atoms. The number of carbonyl (C=O) groups excluding carboxylic acids is 2. The minimum Gasteiger partial charge on any atom is -0.489 e. The lowest BCUT2D eigenvalue weighted by molar-refractivity contribution is -0.132. The van der Waals surface area contributed by atoms with Crippen molar-refractivity contribution >= 4 is 17.5 Å². The summed E-state index contributed by atoms with van der Waals surface area (Å²) in [6.45, 7) is 4.35. The van der Waals surface area contributed by atoms with Gasteiger partial charge in [-0.15, -0.1) is 0 Å². The predicted molar refractivity (Wildman–Crippen MR) is 106 cm³/mol. The molecular formula is C20H31N3O4. The van der Waals surface area contributed by atoms with E-state index in [9.17, 15) is 9.59 Å². The van der Waals surface area contributed by atoms with Crippen molar-refractivity contribution in [3.63, 3.8) is 0 Å². The van der Waals surface area contributed by atoms with E-state index < -0.39 is 0 Å². The van der Waals surface area contributed by atoms with Gasteiger partial charge in [-0.2, -0.15) is 0 Å². The van der Waals surface area contributed by atoms with Crippen LogP contribution in [0.5, 0.6) is 5.75 Å². The number of ether oxygens (including phenoxy) is 2. The SMILES string of the molecule is CCCN(CCOC)C(=O)CC1COc2ccc(C(=O)N(C)C)cc2N1C. The van der Waals surface area contributed by atoms with Crippen molar-refractivity contribution in [2.75, 3.05) is 59.5 Å². The Morgan fingerprint density at radius 3 is 2.67 bits per heavy atom. The average molecular weight is 377 g/mol. The molecule has 0 fully saturated rings. The van der Waals surface area contributed by atoms with E-state index in [1.807, 2.05) is 29.0 Å². The summed E-state index contributed by atoms with van der Waals surface area (Å²) in [5.41, 5.74) is 1.44. The Balaban J connectivity index is 2.12. The van der Waals surface area contributed by atoms with Crippen LogP contribution in [0.15, 0.2) is 18.2 Å². The summed E-state index contributed by atoms with van der Waals surface area (Å²) >= 11 is 0. The Hall–Kier alpha value is -2.28. The lowest BCUT2D eigenvalue weighted by Crippen LogP contribution is -2.45. The number of fused-ring (bicyclic) bond motifs is 1. The molecule has 1 unspecified atom stereocenters. The molecule has 0 aliphatic carbocycles. The molecule has 27 heavy (non-hydrogen) atoms. The molecule has 150 valence electrons. The average Bonchev–Trinajstić information content (AvgIpc) is 2.66. The van der Waals surface area contributed by atoms with Crippen LogP contribution >= 0.6 is 0 Å². The standard InChI is InChI=1S/C20H31N3O4/c1-6-9-23(10-11-26-5)19(24)13-16-14-27-18-8-7-15(20(25)21(2)3)12-17(18)22(16)4/h7-8,12,16H,6,9-11,13-14H2,1-5H3. The molecule has 7 heteroatoms. The molecule has 2 amide bonds. The predicted octanol–water partition coefficient (Wildman–Crippen LogP) is 1.86. The number of benzene rings is 1. The summed E-state index contributed by atoms with van der Waals surface area (Å²) in [4.78, 5) is 30.4. The van der Waals surface area contributed by atoms with E-state index in [2.05, 4.69) is 6.92 Å². The Morgan fingerprint density at radius 1 is 1.30 bits per heavy atom. The van der Waals surface area contributed by atoms with Crippen LogP contribution in [0.1, 0.15) is 30.1 Å². The van der Waals surface area contributed by atoms with Gasteiger partial charge in [0.15, 0.2) is 0 Å². The molecule has 1 heterocycles. The Bertz CT molecular complexity index is 663. The van der Waals surface area contributed by atoms with Gasteiger partial charge in [0.05, 0.1) is 24.8 Å². The second-order valence-electron chi connectivity index (χ2n) is 7.04. The van der Waals surface area contributed by atoms with E-state index in [0.29, 0.717) is 31.7 Å². The highest BCUT2D eigenvalue weighted by Gasteiger charge is 2.29. The molecule has 0 aromatic heterocycles. The molecule has 0 saturated carbocycles. The monoisotopic (exact) mass is 377 g/mol. The van der Waals surface area contributed by atoms with E-state index in [1.165, 1.54) is 0 Å². The molecule has 1 aromatic carbocycles. The highest BCUT2D eigenvalue weighted by Crippen LogP contribution is 2.34. The molecule has 0 N–H and O–H groups in total. The Kier molecular flexibility index (Phi) is 7.47. The van der Waals surface area contributed by atoms with Gasteiger partial charge >= 0.3 is 0 Å². The zero-order valence-electron chi connectivity index (χ0n) is 17.0. The molecule has 0 radical (unpaired) electrons. The van der Waals surface area contributed by atoms with Crippen LogP contribution in [0, 0.1) is 0 Å². The number of amides is 2. The minimum atomic E-state index is -0.0726. The second-order valence-corrected chi connectivity index (χ2v) is 7.04. The van der Waals surface area contributed by atoms with Crippen LogP contribution in [0.25, 0.3) is 0 Å². The lowest BCUT2D eigenvalue weighted by atomic mass is 10.1. The Morgan fingerprint density at radius 2 is 2.04 bits per heavy atom. The minimum absolute atomic E-state index is 0.0573. The fraction of sp³-hybridized carbons (Fsp3) is 0.600. The van der Waals surface area contributed by atoms with Crippen LogP contribution < -0.4 is 9.64 Å². The normalized spacial score (nSPS) is 15.7. The van der Waals surface area contributed by atoms with E-state index in [0.717, 1.165) is 24.4 Å². The quantitative estimate of drug-likeness (QED) is 0.692. The van der Waals surface area contributed by atoms with Gasteiger partial charge in [0.25, 0.3) is 5.91 Å². The third-order valence-electron chi connectivity index (χ3n) is 4.79. The number of methoxy groups -OCH3 is 1. The molecule has 2 rings (SSSR count). The number of nitrogens with zero attached hydrogens (tertiary/aromatic N) is 3. The third-order valence-corrected chi connectivity index (χ3v) is 4.79. The topological polar surface area (TPSA) is 62.3 Å². The highest BCUT2D eigenvalue weighted by molar-refractivity contribution is 5.95. The van der Waals surface area contributed by atoms with Gasteiger partial charge < -0.3 is 24.2 Å². The fourth-order valence-electron chi connectivity index (χ4n) is 3.16. The molecule has 1 aliphatic rings. The zero-order valence-corrected chi connectivity index (χ0v) is 17.0. The highest BCUT2D eigenvalue weighted by atomic mass is 16.5. The third kappa shape index (κ3) is 5.13.